The van der Waals surface area contributed by atoms with E-state index in [2.05, 4.69) is 29.6 Å². The summed E-state index contributed by atoms with van der Waals surface area (Å²) in [4.78, 5) is 42.8. The van der Waals surface area contributed by atoms with Crippen molar-refractivity contribution >= 4 is 18.0 Å². The van der Waals surface area contributed by atoms with Crippen molar-refractivity contribution < 1.29 is 24.2 Å². The van der Waals surface area contributed by atoms with Crippen LogP contribution in [0.4, 0.5) is 4.79 Å². The van der Waals surface area contributed by atoms with E-state index in [0.29, 0.717) is 25.9 Å². The maximum atomic E-state index is 13.8. The quantitative estimate of drug-likeness (QED) is 0.332. The largest absolute Gasteiger partial charge is 0.481 e. The van der Waals surface area contributed by atoms with E-state index in [1.54, 1.807) is 4.90 Å². The van der Waals surface area contributed by atoms with Gasteiger partial charge in [0.25, 0.3) is 0 Å². The molecule has 1 aliphatic carbocycles. The number of carbonyl (C=O) groups excluding carboxylic acids is 2. The molecular formula is C34H39N3O5. The molecule has 2 atom stereocenters. The molecule has 2 aliphatic rings. The van der Waals surface area contributed by atoms with E-state index in [-0.39, 0.29) is 31.5 Å². The summed E-state index contributed by atoms with van der Waals surface area (Å²) in [6, 6.07) is 25.3. The highest BCUT2D eigenvalue weighted by molar-refractivity contribution is 5.87. The SMILES string of the molecule is CCCC1(C(=O)O)CCN(C(=O)C(CN(C)Cc2ccccc2)NC(=O)OCC2c3ccccc3-c3ccccc32)C1. The van der Waals surface area contributed by atoms with Gasteiger partial charge >= 0.3 is 12.1 Å². The fourth-order valence-corrected chi connectivity index (χ4v) is 6.48. The smallest absolute Gasteiger partial charge is 0.407 e. The fourth-order valence-electron chi connectivity index (χ4n) is 6.48. The van der Waals surface area contributed by atoms with Crippen LogP contribution >= 0.6 is 0 Å². The second-order valence-electron chi connectivity index (χ2n) is 11.6. The number of nitrogens with one attached hydrogen (secondary N) is 1. The van der Waals surface area contributed by atoms with Crippen LogP contribution in [0.25, 0.3) is 11.1 Å². The number of rotatable bonds is 11. The molecule has 8 nitrogen and oxygen atoms in total. The number of aliphatic carboxylic acids is 1. The maximum absolute atomic E-state index is 13.8. The topological polar surface area (TPSA) is 99.2 Å². The molecule has 2 unspecified atom stereocenters. The average molecular weight is 570 g/mol. The lowest BCUT2D eigenvalue weighted by Crippen LogP contribution is -2.53. The van der Waals surface area contributed by atoms with Gasteiger partial charge in [-0.15, -0.1) is 0 Å². The van der Waals surface area contributed by atoms with Gasteiger partial charge in [0.1, 0.15) is 12.6 Å². The molecule has 5 rings (SSSR count). The molecule has 3 aromatic rings. The number of fused-ring (bicyclic) bond motifs is 3. The van der Waals surface area contributed by atoms with Crippen LogP contribution < -0.4 is 5.32 Å². The molecule has 0 saturated carbocycles. The lowest BCUT2D eigenvalue weighted by molar-refractivity contribution is -0.149. The van der Waals surface area contributed by atoms with Crippen molar-refractivity contribution in [3.05, 3.63) is 95.6 Å². The minimum atomic E-state index is -0.950. The number of carbonyl (C=O) groups is 3. The third-order valence-corrected chi connectivity index (χ3v) is 8.57. The molecule has 1 aliphatic heterocycles. The first-order valence-corrected chi connectivity index (χ1v) is 14.7. The first-order chi connectivity index (χ1) is 20.3. The lowest BCUT2D eigenvalue weighted by Gasteiger charge is -2.29. The van der Waals surface area contributed by atoms with Gasteiger partial charge in [-0.25, -0.2) is 4.79 Å². The molecule has 0 bridgehead atoms. The Kier molecular flexibility index (Phi) is 8.92. The number of hydrogen-bond donors (Lipinski definition) is 2. The molecule has 8 heteroatoms. The van der Waals surface area contributed by atoms with Crippen LogP contribution in [0, 0.1) is 5.41 Å². The summed E-state index contributed by atoms with van der Waals surface area (Å²) in [5.74, 6) is -1.26. The van der Waals surface area contributed by atoms with Gasteiger partial charge in [-0.2, -0.15) is 0 Å². The molecule has 1 saturated heterocycles. The third kappa shape index (κ3) is 6.19. The zero-order chi connectivity index (χ0) is 29.7. The van der Waals surface area contributed by atoms with Crippen molar-refractivity contribution in [3.8, 4) is 11.1 Å². The monoisotopic (exact) mass is 569 g/mol. The lowest BCUT2D eigenvalue weighted by atomic mass is 9.83. The van der Waals surface area contributed by atoms with Crippen molar-refractivity contribution in [2.45, 2.75) is 44.7 Å². The third-order valence-electron chi connectivity index (χ3n) is 8.57. The number of nitrogens with zero attached hydrogens (tertiary/aromatic N) is 2. The molecule has 0 aromatic heterocycles. The Hall–Kier alpha value is -4.17. The van der Waals surface area contributed by atoms with Gasteiger partial charge in [0.05, 0.1) is 5.41 Å². The molecule has 1 fully saturated rings. The zero-order valence-corrected chi connectivity index (χ0v) is 24.3. The Morgan fingerprint density at radius 3 is 2.24 bits per heavy atom. The van der Waals surface area contributed by atoms with Crippen molar-refractivity contribution in [2.24, 2.45) is 5.41 Å². The average Bonchev–Trinajstić information content (AvgIpc) is 3.57. The van der Waals surface area contributed by atoms with Gasteiger partial charge in [0.15, 0.2) is 0 Å². The molecule has 2 N–H and O–H groups in total. The zero-order valence-electron chi connectivity index (χ0n) is 24.3. The standard InChI is InChI=1S/C34H39N3O5/c1-3-17-34(32(39)40)18-19-37(23-34)31(38)30(21-36(2)20-24-11-5-4-6-12-24)35-33(41)42-22-29-27-15-9-7-13-25(27)26-14-8-10-16-28(26)29/h4-16,29-30H,3,17-23H2,1-2H3,(H,35,41)(H,39,40). The second kappa shape index (κ2) is 12.8. The van der Waals surface area contributed by atoms with Crippen LogP contribution in [0.1, 0.15) is 48.8 Å². The highest BCUT2D eigenvalue weighted by Gasteiger charge is 2.46. The number of benzene rings is 3. The number of likely N-dealkylation sites (tertiary alicyclic amines) is 1. The summed E-state index contributed by atoms with van der Waals surface area (Å²) in [7, 11) is 1.90. The number of carboxylic acid groups (broad SMARTS) is 1. The van der Waals surface area contributed by atoms with Gasteiger partial charge in [-0.3, -0.25) is 14.5 Å². The Morgan fingerprint density at radius 1 is 1.00 bits per heavy atom. The van der Waals surface area contributed by atoms with E-state index in [0.717, 1.165) is 34.2 Å². The summed E-state index contributed by atoms with van der Waals surface area (Å²) in [5.41, 5.74) is 4.64. The summed E-state index contributed by atoms with van der Waals surface area (Å²) < 4.78 is 5.77. The van der Waals surface area contributed by atoms with Crippen LogP contribution in [0.5, 0.6) is 0 Å². The van der Waals surface area contributed by atoms with Crippen molar-refractivity contribution in [1.82, 2.24) is 15.1 Å². The van der Waals surface area contributed by atoms with E-state index >= 15 is 0 Å². The normalized spacial score (nSPS) is 18.4. The molecule has 3 aromatic carbocycles. The van der Waals surface area contributed by atoms with Crippen molar-refractivity contribution in [1.29, 1.82) is 0 Å². The number of carboxylic acids is 1. The van der Waals surface area contributed by atoms with E-state index in [1.807, 2.05) is 73.5 Å². The number of hydrogen-bond acceptors (Lipinski definition) is 5. The Bertz CT molecular complexity index is 1380. The van der Waals surface area contributed by atoms with E-state index in [4.69, 9.17) is 4.74 Å². The Balaban J connectivity index is 1.29. The van der Waals surface area contributed by atoms with E-state index in [1.165, 1.54) is 0 Å². The summed E-state index contributed by atoms with van der Waals surface area (Å²) >= 11 is 0. The second-order valence-corrected chi connectivity index (χ2v) is 11.6. The summed E-state index contributed by atoms with van der Waals surface area (Å²) in [6.07, 6.45) is 0.958. The molecule has 2 amide bonds. The van der Waals surface area contributed by atoms with Gasteiger partial charge in [-0.05, 0) is 47.7 Å². The van der Waals surface area contributed by atoms with Gasteiger partial charge in [0.2, 0.25) is 5.91 Å². The first-order valence-electron chi connectivity index (χ1n) is 14.7. The molecular weight excluding hydrogens is 530 g/mol. The predicted octanol–water partition coefficient (Wildman–Crippen LogP) is 5.13. The van der Waals surface area contributed by atoms with E-state index in [9.17, 15) is 19.5 Å². The van der Waals surface area contributed by atoms with Crippen molar-refractivity contribution in [2.75, 3.05) is 33.3 Å². The molecule has 220 valence electrons. The van der Waals surface area contributed by atoms with Crippen molar-refractivity contribution in [3.63, 3.8) is 0 Å². The Morgan fingerprint density at radius 2 is 1.62 bits per heavy atom. The molecule has 1 heterocycles. The molecule has 0 radical (unpaired) electrons. The fraction of sp³-hybridized carbons (Fsp3) is 0.382. The van der Waals surface area contributed by atoms with Crippen LogP contribution in [-0.2, 0) is 20.9 Å². The van der Waals surface area contributed by atoms with Gasteiger partial charge in [0, 0.05) is 32.1 Å². The number of ether oxygens (including phenoxy) is 1. The predicted molar refractivity (Wildman–Crippen MR) is 161 cm³/mol. The minimum absolute atomic E-state index is 0.0955. The summed E-state index contributed by atoms with van der Waals surface area (Å²) in [6.45, 7) is 3.42. The Labute approximate surface area is 247 Å². The molecule has 0 spiro atoms. The molecule has 42 heavy (non-hydrogen) atoms. The summed E-state index contributed by atoms with van der Waals surface area (Å²) in [5, 5.41) is 12.8. The van der Waals surface area contributed by atoms with E-state index < -0.39 is 23.5 Å². The van der Waals surface area contributed by atoms with Gasteiger partial charge < -0.3 is 20.1 Å². The maximum Gasteiger partial charge on any atom is 0.407 e. The first kappa shape index (κ1) is 29.3. The highest BCUT2D eigenvalue weighted by Crippen LogP contribution is 2.44. The number of amides is 2. The highest BCUT2D eigenvalue weighted by atomic mass is 16.5. The van der Waals surface area contributed by atoms with Gasteiger partial charge in [-0.1, -0.05) is 92.2 Å². The van der Waals surface area contributed by atoms with Crippen LogP contribution in [-0.4, -0.2) is 72.2 Å². The van der Waals surface area contributed by atoms with Crippen LogP contribution in [0.2, 0.25) is 0 Å². The van der Waals surface area contributed by atoms with Crippen LogP contribution in [0.15, 0.2) is 78.9 Å². The number of alkyl carbamates (subject to hydrolysis) is 1. The number of likely N-dealkylation sites (N-methyl/N-ethyl adjacent to an activating group) is 1. The minimum Gasteiger partial charge on any atom is -0.481 e. The van der Waals surface area contributed by atoms with Crippen LogP contribution in [0.3, 0.4) is 0 Å².